The SMILES string of the molecule is CC(O)c1csc(C2(c3ccccc3)CCCC2)n1. The van der Waals surface area contributed by atoms with Crippen LogP contribution in [0.3, 0.4) is 0 Å². The van der Waals surface area contributed by atoms with Crippen LogP contribution in [0.1, 0.15) is 55.0 Å². The highest BCUT2D eigenvalue weighted by Crippen LogP contribution is 2.47. The van der Waals surface area contributed by atoms with Gasteiger partial charge in [0.1, 0.15) is 5.01 Å². The van der Waals surface area contributed by atoms with Gasteiger partial charge in [-0.3, -0.25) is 0 Å². The molecule has 1 N–H and O–H groups in total. The fourth-order valence-corrected chi connectivity index (χ4v) is 4.25. The third kappa shape index (κ3) is 2.21. The van der Waals surface area contributed by atoms with Crippen molar-refractivity contribution in [2.45, 2.75) is 44.1 Å². The first-order valence-corrected chi connectivity index (χ1v) is 7.80. The van der Waals surface area contributed by atoms with Crippen LogP contribution < -0.4 is 0 Å². The Morgan fingerprint density at radius 3 is 2.47 bits per heavy atom. The summed E-state index contributed by atoms with van der Waals surface area (Å²) in [6.45, 7) is 1.78. The van der Waals surface area contributed by atoms with Gasteiger partial charge >= 0.3 is 0 Å². The molecule has 1 unspecified atom stereocenters. The third-order valence-corrected chi connectivity index (χ3v) is 5.21. The second-order valence-electron chi connectivity index (χ2n) is 5.41. The molecule has 0 radical (unpaired) electrons. The number of nitrogens with zero attached hydrogens (tertiary/aromatic N) is 1. The van der Waals surface area contributed by atoms with Crippen LogP contribution in [0.2, 0.25) is 0 Å². The van der Waals surface area contributed by atoms with Crippen molar-refractivity contribution < 1.29 is 5.11 Å². The lowest BCUT2D eigenvalue weighted by Crippen LogP contribution is -2.23. The van der Waals surface area contributed by atoms with Crippen molar-refractivity contribution in [3.63, 3.8) is 0 Å². The molecule has 1 aromatic heterocycles. The van der Waals surface area contributed by atoms with Crippen molar-refractivity contribution in [3.8, 4) is 0 Å². The van der Waals surface area contributed by atoms with Gasteiger partial charge in [0.2, 0.25) is 0 Å². The Balaban J connectivity index is 2.05. The van der Waals surface area contributed by atoms with Gasteiger partial charge in [0, 0.05) is 10.8 Å². The molecule has 100 valence electrons. The normalized spacial score (nSPS) is 19.5. The van der Waals surface area contributed by atoms with Crippen molar-refractivity contribution in [3.05, 3.63) is 52.0 Å². The maximum atomic E-state index is 9.68. The minimum Gasteiger partial charge on any atom is -0.387 e. The van der Waals surface area contributed by atoms with E-state index in [1.165, 1.54) is 36.3 Å². The Kier molecular flexibility index (Phi) is 3.42. The number of benzene rings is 1. The molecule has 1 atom stereocenters. The molecule has 1 aromatic carbocycles. The standard InChI is InChI=1S/C16H19NOS/c1-12(18)14-11-19-15(17-14)16(9-5-6-10-16)13-7-3-2-4-8-13/h2-4,7-8,11-12,18H,5-6,9-10H2,1H3. The molecule has 1 heterocycles. The number of rotatable bonds is 3. The summed E-state index contributed by atoms with van der Waals surface area (Å²) in [5.74, 6) is 0. The lowest BCUT2D eigenvalue weighted by atomic mass is 9.79. The lowest BCUT2D eigenvalue weighted by Gasteiger charge is -2.27. The van der Waals surface area contributed by atoms with E-state index in [9.17, 15) is 5.11 Å². The molecule has 1 fully saturated rings. The molecule has 3 heteroatoms. The molecule has 0 bridgehead atoms. The molecule has 2 aromatic rings. The average molecular weight is 273 g/mol. The predicted octanol–water partition coefficient (Wildman–Crippen LogP) is 4.06. The van der Waals surface area contributed by atoms with Crippen molar-refractivity contribution in [2.24, 2.45) is 0 Å². The van der Waals surface area contributed by atoms with E-state index in [1.54, 1.807) is 18.3 Å². The molecule has 0 aliphatic heterocycles. The molecular formula is C16H19NOS. The molecule has 19 heavy (non-hydrogen) atoms. The van der Waals surface area contributed by atoms with Crippen molar-refractivity contribution in [1.82, 2.24) is 4.98 Å². The summed E-state index contributed by atoms with van der Waals surface area (Å²) in [6.07, 6.45) is 4.39. The fraction of sp³-hybridized carbons (Fsp3) is 0.438. The van der Waals surface area contributed by atoms with Gasteiger partial charge in [0.25, 0.3) is 0 Å². The highest BCUT2D eigenvalue weighted by Gasteiger charge is 2.39. The van der Waals surface area contributed by atoms with Crippen LogP contribution >= 0.6 is 11.3 Å². The van der Waals surface area contributed by atoms with E-state index in [1.807, 2.05) is 5.38 Å². The number of aromatic nitrogens is 1. The fourth-order valence-electron chi connectivity index (χ4n) is 3.06. The number of thiazole rings is 1. The van der Waals surface area contributed by atoms with E-state index in [0.717, 1.165) is 5.69 Å². The van der Waals surface area contributed by atoms with Crippen molar-refractivity contribution in [1.29, 1.82) is 0 Å². The second kappa shape index (κ2) is 5.06. The highest BCUT2D eigenvalue weighted by molar-refractivity contribution is 7.09. The number of hydrogen-bond acceptors (Lipinski definition) is 3. The molecule has 2 nitrogen and oxygen atoms in total. The Morgan fingerprint density at radius 1 is 1.21 bits per heavy atom. The van der Waals surface area contributed by atoms with Gasteiger partial charge in [0.05, 0.1) is 11.8 Å². The predicted molar refractivity (Wildman–Crippen MR) is 78.4 cm³/mol. The number of hydrogen-bond donors (Lipinski definition) is 1. The summed E-state index contributed by atoms with van der Waals surface area (Å²) >= 11 is 1.70. The van der Waals surface area contributed by atoms with Gasteiger partial charge in [-0.25, -0.2) is 4.98 Å². The van der Waals surface area contributed by atoms with Gasteiger partial charge in [-0.15, -0.1) is 11.3 Å². The van der Waals surface area contributed by atoms with E-state index >= 15 is 0 Å². The topological polar surface area (TPSA) is 33.1 Å². The first-order valence-electron chi connectivity index (χ1n) is 6.92. The summed E-state index contributed by atoms with van der Waals surface area (Å²) in [5, 5.41) is 12.9. The molecule has 1 aliphatic rings. The van der Waals surface area contributed by atoms with Crippen LogP contribution in [-0.2, 0) is 5.41 Å². The van der Waals surface area contributed by atoms with Gasteiger partial charge in [-0.05, 0) is 25.3 Å². The maximum absolute atomic E-state index is 9.68. The van der Waals surface area contributed by atoms with Crippen molar-refractivity contribution >= 4 is 11.3 Å². The van der Waals surface area contributed by atoms with Crippen LogP contribution in [0.15, 0.2) is 35.7 Å². The van der Waals surface area contributed by atoms with Gasteiger partial charge in [-0.2, -0.15) is 0 Å². The summed E-state index contributed by atoms with van der Waals surface area (Å²) in [7, 11) is 0. The Labute approximate surface area is 118 Å². The molecule has 1 aliphatic carbocycles. The van der Waals surface area contributed by atoms with Gasteiger partial charge in [0.15, 0.2) is 0 Å². The Hall–Kier alpha value is -1.19. The summed E-state index contributed by atoms with van der Waals surface area (Å²) in [5.41, 5.74) is 2.26. The van der Waals surface area contributed by atoms with Crippen molar-refractivity contribution in [2.75, 3.05) is 0 Å². The molecule has 1 saturated carbocycles. The van der Waals surface area contributed by atoms with Crippen LogP contribution in [0.5, 0.6) is 0 Å². The van der Waals surface area contributed by atoms with Gasteiger partial charge in [-0.1, -0.05) is 43.2 Å². The van der Waals surface area contributed by atoms with Crippen LogP contribution in [0.25, 0.3) is 0 Å². The lowest BCUT2D eigenvalue weighted by molar-refractivity contribution is 0.194. The smallest absolute Gasteiger partial charge is 0.104 e. The van der Waals surface area contributed by atoms with E-state index in [4.69, 9.17) is 4.98 Å². The van der Waals surface area contributed by atoms with E-state index in [0.29, 0.717) is 0 Å². The molecular weight excluding hydrogens is 254 g/mol. The Morgan fingerprint density at radius 2 is 1.89 bits per heavy atom. The van der Waals surface area contributed by atoms with Crippen LogP contribution in [-0.4, -0.2) is 10.1 Å². The average Bonchev–Trinajstić information content (AvgIpc) is 3.09. The third-order valence-electron chi connectivity index (χ3n) is 4.14. The second-order valence-corrected chi connectivity index (χ2v) is 6.27. The molecule has 0 saturated heterocycles. The summed E-state index contributed by atoms with van der Waals surface area (Å²) < 4.78 is 0. The monoisotopic (exact) mass is 273 g/mol. The van der Waals surface area contributed by atoms with E-state index in [-0.39, 0.29) is 5.41 Å². The molecule has 0 spiro atoms. The first-order chi connectivity index (χ1) is 9.22. The first kappa shape index (κ1) is 12.8. The minimum absolute atomic E-state index is 0.0824. The zero-order valence-electron chi connectivity index (χ0n) is 11.2. The minimum atomic E-state index is -0.473. The largest absolute Gasteiger partial charge is 0.387 e. The molecule has 3 rings (SSSR count). The molecule has 0 amide bonds. The number of aliphatic hydroxyl groups excluding tert-OH is 1. The van der Waals surface area contributed by atoms with E-state index < -0.39 is 6.10 Å². The summed E-state index contributed by atoms with van der Waals surface area (Å²) in [6, 6.07) is 10.7. The Bertz CT molecular complexity index is 541. The van der Waals surface area contributed by atoms with Gasteiger partial charge < -0.3 is 5.11 Å². The van der Waals surface area contributed by atoms with E-state index in [2.05, 4.69) is 30.3 Å². The quantitative estimate of drug-likeness (QED) is 0.915. The number of aliphatic hydroxyl groups is 1. The maximum Gasteiger partial charge on any atom is 0.104 e. The van der Waals surface area contributed by atoms with Crippen LogP contribution in [0, 0.1) is 0 Å². The zero-order valence-corrected chi connectivity index (χ0v) is 12.0. The zero-order chi connectivity index (χ0) is 13.3. The van der Waals surface area contributed by atoms with Crippen LogP contribution in [0.4, 0.5) is 0 Å². The summed E-state index contributed by atoms with van der Waals surface area (Å²) in [4.78, 5) is 4.71. The highest BCUT2D eigenvalue weighted by atomic mass is 32.1.